The number of amides is 1. The summed E-state index contributed by atoms with van der Waals surface area (Å²) in [6.07, 6.45) is 0.925. The van der Waals surface area contributed by atoms with E-state index in [0.29, 0.717) is 11.4 Å². The largest absolute Gasteiger partial charge is 0.361 e. The quantitative estimate of drug-likeness (QED) is 0.655. The molecule has 2 N–H and O–H groups in total. The molecule has 2 aromatic carbocycles. The number of hydrogen-bond donors (Lipinski definition) is 2. The summed E-state index contributed by atoms with van der Waals surface area (Å²) in [4.78, 5) is 17.6. The number of aryl methyl sites for hydroxylation is 2. The Morgan fingerprint density at radius 1 is 1.00 bits per heavy atom. The van der Waals surface area contributed by atoms with E-state index < -0.39 is 0 Å². The molecule has 0 bridgehead atoms. The second-order valence-corrected chi connectivity index (χ2v) is 7.26. The van der Waals surface area contributed by atoms with Crippen molar-refractivity contribution >= 4 is 22.4 Å². The number of rotatable bonds is 7. The first kappa shape index (κ1) is 18.1. The first-order valence-electron chi connectivity index (χ1n) is 8.71. The van der Waals surface area contributed by atoms with E-state index in [4.69, 9.17) is 0 Å². The van der Waals surface area contributed by atoms with Crippen molar-refractivity contribution in [3.05, 3.63) is 81.9 Å². The van der Waals surface area contributed by atoms with Crippen molar-refractivity contribution in [3.63, 3.8) is 0 Å². The fourth-order valence-electron chi connectivity index (χ4n) is 2.61. The maximum Gasteiger partial charge on any atom is 0.263 e. The fourth-order valence-corrected chi connectivity index (χ4v) is 3.52. The molecule has 1 heterocycles. The standard InChI is InChI=1S/C21H23N3OS/c1-15-8-10-18(11-9-15)14-23-20(25)19-16(2)24-21(26-19)22-13-12-17-6-4-3-5-7-17/h3-11H,12-14H2,1-2H3,(H,22,24)(H,23,25). The van der Waals surface area contributed by atoms with E-state index in [9.17, 15) is 4.79 Å². The molecule has 26 heavy (non-hydrogen) atoms. The van der Waals surface area contributed by atoms with Crippen LogP contribution in [0.15, 0.2) is 54.6 Å². The molecule has 1 aromatic heterocycles. The Labute approximate surface area is 158 Å². The number of thiazole rings is 1. The molecule has 0 spiro atoms. The van der Waals surface area contributed by atoms with Gasteiger partial charge in [-0.15, -0.1) is 0 Å². The molecule has 3 rings (SSSR count). The number of nitrogens with zero attached hydrogens (tertiary/aromatic N) is 1. The smallest absolute Gasteiger partial charge is 0.263 e. The van der Waals surface area contributed by atoms with Gasteiger partial charge in [0, 0.05) is 13.1 Å². The third-order valence-corrected chi connectivity index (χ3v) is 5.22. The van der Waals surface area contributed by atoms with Crippen LogP contribution in [-0.4, -0.2) is 17.4 Å². The minimum atomic E-state index is -0.0725. The Morgan fingerprint density at radius 3 is 2.46 bits per heavy atom. The second-order valence-electron chi connectivity index (χ2n) is 6.26. The lowest BCUT2D eigenvalue weighted by Gasteiger charge is -2.04. The molecule has 0 saturated heterocycles. The van der Waals surface area contributed by atoms with E-state index in [-0.39, 0.29) is 5.91 Å². The SMILES string of the molecule is Cc1ccc(CNC(=O)c2sc(NCCc3ccccc3)nc2C)cc1. The van der Waals surface area contributed by atoms with Gasteiger partial charge in [-0.2, -0.15) is 0 Å². The summed E-state index contributed by atoms with van der Waals surface area (Å²) in [6, 6.07) is 18.5. The molecular formula is C21H23N3OS. The molecule has 0 aliphatic heterocycles. The van der Waals surface area contributed by atoms with Gasteiger partial charge in [0.15, 0.2) is 5.13 Å². The summed E-state index contributed by atoms with van der Waals surface area (Å²) in [7, 11) is 0. The van der Waals surface area contributed by atoms with Crippen LogP contribution in [0.3, 0.4) is 0 Å². The van der Waals surface area contributed by atoms with E-state index in [0.717, 1.165) is 29.4 Å². The van der Waals surface area contributed by atoms with Gasteiger partial charge in [0.2, 0.25) is 0 Å². The number of carbonyl (C=O) groups is 1. The molecule has 0 fully saturated rings. The number of nitrogens with one attached hydrogen (secondary N) is 2. The van der Waals surface area contributed by atoms with Crippen LogP contribution in [-0.2, 0) is 13.0 Å². The molecule has 0 atom stereocenters. The molecule has 4 nitrogen and oxygen atoms in total. The highest BCUT2D eigenvalue weighted by molar-refractivity contribution is 7.17. The number of aromatic nitrogens is 1. The number of benzene rings is 2. The van der Waals surface area contributed by atoms with Crippen LogP contribution in [0.5, 0.6) is 0 Å². The lowest BCUT2D eigenvalue weighted by Crippen LogP contribution is -2.22. The second kappa shape index (κ2) is 8.63. The third-order valence-electron chi connectivity index (χ3n) is 4.11. The maximum atomic E-state index is 12.4. The molecule has 5 heteroatoms. The van der Waals surface area contributed by atoms with Gasteiger partial charge in [-0.25, -0.2) is 4.98 Å². The highest BCUT2D eigenvalue weighted by Gasteiger charge is 2.15. The van der Waals surface area contributed by atoms with Crippen molar-refractivity contribution in [3.8, 4) is 0 Å². The zero-order valence-electron chi connectivity index (χ0n) is 15.1. The van der Waals surface area contributed by atoms with Gasteiger partial charge in [0.1, 0.15) is 4.88 Å². The van der Waals surface area contributed by atoms with Gasteiger partial charge >= 0.3 is 0 Å². The molecule has 0 saturated carbocycles. The minimum Gasteiger partial charge on any atom is -0.361 e. The van der Waals surface area contributed by atoms with E-state index in [1.165, 1.54) is 22.5 Å². The average Bonchev–Trinajstić information content (AvgIpc) is 3.02. The van der Waals surface area contributed by atoms with Gasteiger partial charge in [-0.05, 0) is 31.4 Å². The normalized spacial score (nSPS) is 10.5. The van der Waals surface area contributed by atoms with Crippen LogP contribution in [0.4, 0.5) is 5.13 Å². The minimum absolute atomic E-state index is 0.0725. The molecular weight excluding hydrogens is 342 g/mol. The highest BCUT2D eigenvalue weighted by atomic mass is 32.1. The summed E-state index contributed by atoms with van der Waals surface area (Å²) >= 11 is 1.41. The summed E-state index contributed by atoms with van der Waals surface area (Å²) in [5.41, 5.74) is 4.35. The van der Waals surface area contributed by atoms with Gasteiger partial charge in [-0.1, -0.05) is 71.5 Å². The molecule has 134 valence electrons. The van der Waals surface area contributed by atoms with Gasteiger partial charge in [0.25, 0.3) is 5.91 Å². The molecule has 0 aliphatic rings. The van der Waals surface area contributed by atoms with Crippen molar-refractivity contribution in [2.75, 3.05) is 11.9 Å². The van der Waals surface area contributed by atoms with Gasteiger partial charge < -0.3 is 10.6 Å². The Hall–Kier alpha value is -2.66. The summed E-state index contributed by atoms with van der Waals surface area (Å²) in [6.45, 7) is 5.24. The van der Waals surface area contributed by atoms with E-state index in [1.807, 2.05) is 49.4 Å². The van der Waals surface area contributed by atoms with Crippen molar-refractivity contribution < 1.29 is 4.79 Å². The van der Waals surface area contributed by atoms with Gasteiger partial charge in [-0.3, -0.25) is 4.79 Å². The zero-order valence-corrected chi connectivity index (χ0v) is 15.9. The number of hydrogen-bond acceptors (Lipinski definition) is 4. The topological polar surface area (TPSA) is 54.0 Å². The molecule has 0 radical (unpaired) electrons. The highest BCUT2D eigenvalue weighted by Crippen LogP contribution is 2.22. The predicted molar refractivity (Wildman–Crippen MR) is 108 cm³/mol. The molecule has 0 unspecified atom stereocenters. The van der Waals surface area contributed by atoms with E-state index in [1.54, 1.807) is 0 Å². The Balaban J connectivity index is 1.53. The molecule has 0 aliphatic carbocycles. The van der Waals surface area contributed by atoms with E-state index in [2.05, 4.69) is 34.7 Å². The van der Waals surface area contributed by atoms with Crippen LogP contribution >= 0.6 is 11.3 Å². The lowest BCUT2D eigenvalue weighted by molar-refractivity contribution is 0.0954. The Kier molecular flexibility index (Phi) is 6.02. The fraction of sp³-hybridized carbons (Fsp3) is 0.238. The average molecular weight is 366 g/mol. The first-order chi connectivity index (χ1) is 12.6. The van der Waals surface area contributed by atoms with Crippen molar-refractivity contribution in [2.24, 2.45) is 0 Å². The predicted octanol–water partition coefficient (Wildman–Crippen LogP) is 4.34. The lowest BCUT2D eigenvalue weighted by atomic mass is 10.1. The number of carbonyl (C=O) groups excluding carboxylic acids is 1. The first-order valence-corrected chi connectivity index (χ1v) is 9.52. The van der Waals surface area contributed by atoms with Crippen molar-refractivity contribution in [2.45, 2.75) is 26.8 Å². The summed E-state index contributed by atoms with van der Waals surface area (Å²) in [5, 5.41) is 7.08. The number of anilines is 1. The van der Waals surface area contributed by atoms with Crippen molar-refractivity contribution in [1.29, 1.82) is 0 Å². The third kappa shape index (κ3) is 4.92. The van der Waals surface area contributed by atoms with Crippen LogP contribution in [0.1, 0.15) is 32.1 Å². The Bertz CT molecular complexity index is 857. The van der Waals surface area contributed by atoms with Crippen LogP contribution in [0, 0.1) is 13.8 Å². The monoisotopic (exact) mass is 365 g/mol. The van der Waals surface area contributed by atoms with Gasteiger partial charge in [0.05, 0.1) is 5.69 Å². The maximum absolute atomic E-state index is 12.4. The van der Waals surface area contributed by atoms with Crippen LogP contribution < -0.4 is 10.6 Å². The van der Waals surface area contributed by atoms with E-state index >= 15 is 0 Å². The molecule has 3 aromatic rings. The van der Waals surface area contributed by atoms with Crippen LogP contribution in [0.2, 0.25) is 0 Å². The van der Waals surface area contributed by atoms with Crippen molar-refractivity contribution in [1.82, 2.24) is 10.3 Å². The van der Waals surface area contributed by atoms with Crippen LogP contribution in [0.25, 0.3) is 0 Å². The summed E-state index contributed by atoms with van der Waals surface area (Å²) in [5.74, 6) is -0.0725. The Morgan fingerprint density at radius 2 is 1.73 bits per heavy atom. The molecule has 1 amide bonds. The zero-order chi connectivity index (χ0) is 18.4. The summed E-state index contributed by atoms with van der Waals surface area (Å²) < 4.78 is 0.